The summed E-state index contributed by atoms with van der Waals surface area (Å²) < 4.78 is 0. The second-order valence-electron chi connectivity index (χ2n) is 5.02. The van der Waals surface area contributed by atoms with Gasteiger partial charge in [0.1, 0.15) is 11.9 Å². The first-order valence-corrected chi connectivity index (χ1v) is 7.13. The van der Waals surface area contributed by atoms with Crippen LogP contribution in [0.15, 0.2) is 23.6 Å². The van der Waals surface area contributed by atoms with Crippen LogP contribution in [0, 0.1) is 11.3 Å². The van der Waals surface area contributed by atoms with Gasteiger partial charge in [0.05, 0.1) is 11.1 Å². The summed E-state index contributed by atoms with van der Waals surface area (Å²) in [4.78, 5) is 8.14. The Kier molecular flexibility index (Phi) is 4.20. The van der Waals surface area contributed by atoms with Gasteiger partial charge in [-0.2, -0.15) is 5.26 Å². The molecule has 1 aliphatic carbocycles. The van der Waals surface area contributed by atoms with Crippen molar-refractivity contribution in [1.29, 1.82) is 5.26 Å². The highest BCUT2D eigenvalue weighted by molar-refractivity contribution is 7.99. The molecule has 96 valence electrons. The van der Waals surface area contributed by atoms with Crippen molar-refractivity contribution in [3.8, 4) is 6.07 Å². The van der Waals surface area contributed by atoms with E-state index in [-0.39, 0.29) is 5.54 Å². The van der Waals surface area contributed by atoms with Crippen LogP contribution in [0.25, 0.3) is 0 Å². The molecule has 0 amide bonds. The molecule has 0 saturated heterocycles. The van der Waals surface area contributed by atoms with Crippen molar-refractivity contribution in [1.82, 2.24) is 15.3 Å². The molecule has 0 aromatic carbocycles. The third kappa shape index (κ3) is 3.21. The molecule has 2 rings (SSSR count). The Balaban J connectivity index is 1.97. The minimum Gasteiger partial charge on any atom is -0.297 e. The summed E-state index contributed by atoms with van der Waals surface area (Å²) in [6.07, 6.45) is 6.19. The topological polar surface area (TPSA) is 61.6 Å². The summed E-state index contributed by atoms with van der Waals surface area (Å²) in [5.74, 6) is 0. The van der Waals surface area contributed by atoms with Crippen LogP contribution in [-0.2, 0) is 0 Å². The van der Waals surface area contributed by atoms with Gasteiger partial charge in [-0.25, -0.2) is 9.97 Å². The van der Waals surface area contributed by atoms with Crippen LogP contribution in [0.1, 0.15) is 33.1 Å². The monoisotopic (exact) mass is 262 g/mol. The first-order valence-electron chi connectivity index (χ1n) is 6.25. The summed E-state index contributed by atoms with van der Waals surface area (Å²) >= 11 is 1.75. The number of nitriles is 1. The maximum absolute atomic E-state index is 9.40. The molecule has 4 nitrogen and oxygen atoms in total. The SMILES string of the molecule is CC(C)NC1(C#N)CCC(Sc2ccncn2)C1. The number of hydrogen-bond acceptors (Lipinski definition) is 5. The molecule has 1 saturated carbocycles. The summed E-state index contributed by atoms with van der Waals surface area (Å²) in [6.45, 7) is 4.17. The van der Waals surface area contributed by atoms with Crippen molar-refractivity contribution in [2.24, 2.45) is 0 Å². The molecular formula is C13H18N4S. The van der Waals surface area contributed by atoms with Gasteiger partial charge in [0.2, 0.25) is 0 Å². The molecule has 0 aliphatic heterocycles. The molecule has 1 fully saturated rings. The highest BCUT2D eigenvalue weighted by Crippen LogP contribution is 2.39. The molecule has 1 heterocycles. The maximum Gasteiger partial charge on any atom is 0.116 e. The van der Waals surface area contributed by atoms with Crippen LogP contribution >= 0.6 is 11.8 Å². The van der Waals surface area contributed by atoms with Crippen LogP contribution in [0.3, 0.4) is 0 Å². The van der Waals surface area contributed by atoms with Crippen molar-refractivity contribution in [3.05, 3.63) is 18.6 Å². The van der Waals surface area contributed by atoms with Gasteiger partial charge < -0.3 is 0 Å². The summed E-state index contributed by atoms with van der Waals surface area (Å²) in [7, 11) is 0. The molecule has 1 N–H and O–H groups in total. The molecule has 1 aromatic heterocycles. The minimum absolute atomic E-state index is 0.340. The molecule has 0 spiro atoms. The number of aromatic nitrogens is 2. The van der Waals surface area contributed by atoms with Crippen LogP contribution < -0.4 is 5.32 Å². The van der Waals surface area contributed by atoms with Crippen molar-refractivity contribution in [3.63, 3.8) is 0 Å². The molecule has 18 heavy (non-hydrogen) atoms. The smallest absolute Gasteiger partial charge is 0.116 e. The second-order valence-corrected chi connectivity index (χ2v) is 6.34. The normalized spacial score (nSPS) is 27.3. The lowest BCUT2D eigenvalue weighted by atomic mass is 9.99. The van der Waals surface area contributed by atoms with Crippen LogP contribution in [0.2, 0.25) is 0 Å². The Morgan fingerprint density at radius 3 is 3.06 bits per heavy atom. The molecule has 2 unspecified atom stereocenters. The average Bonchev–Trinajstić information content (AvgIpc) is 2.73. The number of thioether (sulfide) groups is 1. The first kappa shape index (κ1) is 13.3. The lowest BCUT2D eigenvalue weighted by Gasteiger charge is -2.25. The minimum atomic E-state index is -0.348. The Hall–Kier alpha value is -1.12. The van der Waals surface area contributed by atoms with E-state index in [9.17, 15) is 5.26 Å². The van der Waals surface area contributed by atoms with Gasteiger partial charge in [-0.05, 0) is 39.2 Å². The van der Waals surface area contributed by atoms with E-state index in [1.54, 1.807) is 24.3 Å². The summed E-state index contributed by atoms with van der Waals surface area (Å²) in [5.41, 5.74) is -0.348. The first-order chi connectivity index (χ1) is 8.63. The van der Waals surface area contributed by atoms with E-state index in [1.165, 1.54) is 0 Å². The Morgan fingerprint density at radius 2 is 2.44 bits per heavy atom. The zero-order valence-corrected chi connectivity index (χ0v) is 11.6. The molecule has 2 atom stereocenters. The quantitative estimate of drug-likeness (QED) is 0.844. The van der Waals surface area contributed by atoms with Gasteiger partial charge in [-0.3, -0.25) is 5.32 Å². The van der Waals surface area contributed by atoms with Crippen molar-refractivity contribution < 1.29 is 0 Å². The van der Waals surface area contributed by atoms with Crippen LogP contribution in [-0.4, -0.2) is 26.8 Å². The highest BCUT2D eigenvalue weighted by Gasteiger charge is 2.40. The predicted molar refractivity (Wildman–Crippen MR) is 72.1 cm³/mol. The van der Waals surface area contributed by atoms with Crippen molar-refractivity contribution in [2.75, 3.05) is 0 Å². The fourth-order valence-electron chi connectivity index (χ4n) is 2.44. The third-order valence-corrected chi connectivity index (χ3v) is 4.31. The van der Waals surface area contributed by atoms with Gasteiger partial charge in [0.15, 0.2) is 0 Å². The maximum atomic E-state index is 9.40. The number of rotatable bonds is 4. The van der Waals surface area contributed by atoms with Gasteiger partial charge >= 0.3 is 0 Å². The van der Waals surface area contributed by atoms with E-state index in [2.05, 4.69) is 35.2 Å². The van der Waals surface area contributed by atoms with Gasteiger partial charge in [-0.15, -0.1) is 11.8 Å². The van der Waals surface area contributed by atoms with Gasteiger partial charge in [0, 0.05) is 17.5 Å². The Labute approximate surface area is 112 Å². The van der Waals surface area contributed by atoms with E-state index in [0.717, 1.165) is 24.3 Å². The molecule has 5 heteroatoms. The highest BCUT2D eigenvalue weighted by atomic mass is 32.2. The van der Waals surface area contributed by atoms with E-state index >= 15 is 0 Å². The summed E-state index contributed by atoms with van der Waals surface area (Å²) in [6, 6.07) is 4.73. The molecule has 0 bridgehead atoms. The standard InChI is InChI=1S/C13H18N4S/c1-10(2)17-13(8-14)5-3-11(7-13)18-12-4-6-15-9-16-12/h4,6,9-11,17H,3,5,7H2,1-2H3. The van der Waals surface area contributed by atoms with E-state index in [0.29, 0.717) is 11.3 Å². The van der Waals surface area contributed by atoms with Crippen molar-refractivity contribution >= 4 is 11.8 Å². The lowest BCUT2D eigenvalue weighted by Crippen LogP contribution is -2.45. The second kappa shape index (κ2) is 5.68. The van der Waals surface area contributed by atoms with E-state index < -0.39 is 0 Å². The fourth-order valence-corrected chi connectivity index (χ4v) is 3.63. The molecule has 1 aliphatic rings. The number of nitrogens with one attached hydrogen (secondary N) is 1. The van der Waals surface area contributed by atoms with Gasteiger partial charge in [-0.1, -0.05) is 0 Å². The van der Waals surface area contributed by atoms with Gasteiger partial charge in [0.25, 0.3) is 0 Å². The average molecular weight is 262 g/mol. The van der Waals surface area contributed by atoms with Crippen LogP contribution in [0.5, 0.6) is 0 Å². The molecule has 1 aromatic rings. The summed E-state index contributed by atoms with van der Waals surface area (Å²) in [5, 5.41) is 14.3. The van der Waals surface area contributed by atoms with E-state index in [1.807, 2.05) is 6.07 Å². The third-order valence-electron chi connectivity index (χ3n) is 3.09. The van der Waals surface area contributed by atoms with Crippen LogP contribution in [0.4, 0.5) is 0 Å². The number of nitrogens with zero attached hydrogens (tertiary/aromatic N) is 3. The zero-order valence-electron chi connectivity index (χ0n) is 10.8. The Bertz CT molecular complexity index is 428. The van der Waals surface area contributed by atoms with E-state index in [4.69, 9.17) is 0 Å². The molecule has 0 radical (unpaired) electrons. The lowest BCUT2D eigenvalue weighted by molar-refractivity contribution is 0.386. The predicted octanol–water partition coefficient (Wildman–Crippen LogP) is 2.38. The fraction of sp³-hybridized carbons (Fsp3) is 0.615. The molecular weight excluding hydrogens is 244 g/mol. The van der Waals surface area contributed by atoms with Crippen molar-refractivity contribution in [2.45, 2.75) is 55.0 Å². The Morgan fingerprint density at radius 1 is 1.61 bits per heavy atom. The number of hydrogen-bond donors (Lipinski definition) is 1. The zero-order chi connectivity index (χ0) is 13.0. The largest absolute Gasteiger partial charge is 0.297 e.